The maximum Gasteiger partial charge on any atom is 0.0244 e. The molecule has 1 nitrogen and oxygen atoms in total. The Labute approximate surface area is 61.6 Å². The van der Waals surface area contributed by atoms with E-state index in [-0.39, 0.29) is 0 Å². The SMILES string of the molecule is CCNC([SiH3])C(C)CC. The molecule has 0 bridgehead atoms. The molecule has 0 aliphatic heterocycles. The van der Waals surface area contributed by atoms with Gasteiger partial charge in [0.2, 0.25) is 0 Å². The summed E-state index contributed by atoms with van der Waals surface area (Å²) in [6.07, 6.45) is 1.31. The highest BCUT2D eigenvalue weighted by Gasteiger charge is 2.06. The molecule has 0 aliphatic carbocycles. The zero-order chi connectivity index (χ0) is 7.28. The van der Waals surface area contributed by atoms with Gasteiger partial charge in [0.1, 0.15) is 0 Å². The molecule has 2 atom stereocenters. The van der Waals surface area contributed by atoms with Crippen LogP contribution >= 0.6 is 0 Å². The van der Waals surface area contributed by atoms with Gasteiger partial charge in [0.15, 0.2) is 0 Å². The van der Waals surface area contributed by atoms with Gasteiger partial charge >= 0.3 is 0 Å². The van der Waals surface area contributed by atoms with E-state index < -0.39 is 0 Å². The molecule has 0 heterocycles. The van der Waals surface area contributed by atoms with E-state index in [2.05, 4.69) is 26.1 Å². The average molecular weight is 145 g/mol. The monoisotopic (exact) mass is 145 g/mol. The second-order valence-electron chi connectivity index (χ2n) is 2.73. The van der Waals surface area contributed by atoms with E-state index in [0.29, 0.717) is 0 Å². The fraction of sp³-hybridized carbons (Fsp3) is 1.00. The van der Waals surface area contributed by atoms with Crippen LogP contribution in [0, 0.1) is 5.92 Å². The van der Waals surface area contributed by atoms with Crippen molar-refractivity contribution < 1.29 is 0 Å². The first-order chi connectivity index (χ1) is 4.22. The Kier molecular flexibility index (Phi) is 5.10. The minimum Gasteiger partial charge on any atom is -0.318 e. The van der Waals surface area contributed by atoms with E-state index >= 15 is 0 Å². The van der Waals surface area contributed by atoms with E-state index in [1.54, 1.807) is 0 Å². The van der Waals surface area contributed by atoms with Crippen molar-refractivity contribution in [1.29, 1.82) is 0 Å². The summed E-state index contributed by atoms with van der Waals surface area (Å²) < 4.78 is 0. The minimum absolute atomic E-state index is 0.819. The van der Waals surface area contributed by atoms with E-state index in [1.807, 2.05) is 0 Å². The standard InChI is InChI=1S/C7H19NSi/c1-4-6(3)7(9)8-5-2/h6-8H,4-5H2,1-3,9H3. The molecule has 0 saturated carbocycles. The van der Waals surface area contributed by atoms with Crippen molar-refractivity contribution in [3.8, 4) is 0 Å². The average Bonchev–Trinajstić information content (AvgIpc) is 1.87. The predicted octanol–water partition coefficient (Wildman–Crippen LogP) is 0.333. The van der Waals surface area contributed by atoms with Crippen LogP contribution in [-0.4, -0.2) is 22.5 Å². The molecular formula is C7H19NSi. The number of nitrogens with one attached hydrogen (secondary N) is 1. The van der Waals surface area contributed by atoms with Crippen molar-refractivity contribution in [2.24, 2.45) is 5.92 Å². The van der Waals surface area contributed by atoms with E-state index in [0.717, 1.165) is 18.1 Å². The molecule has 0 amide bonds. The van der Waals surface area contributed by atoms with Crippen LogP contribution in [0.25, 0.3) is 0 Å². The molecule has 0 aliphatic rings. The second-order valence-corrected chi connectivity index (χ2v) is 3.98. The van der Waals surface area contributed by atoms with Crippen LogP contribution in [0.2, 0.25) is 0 Å². The molecule has 56 valence electrons. The Morgan fingerprint density at radius 1 is 1.44 bits per heavy atom. The predicted molar refractivity (Wildman–Crippen MR) is 46.9 cm³/mol. The van der Waals surface area contributed by atoms with Crippen LogP contribution in [0.1, 0.15) is 27.2 Å². The third-order valence-electron chi connectivity index (χ3n) is 2.02. The Morgan fingerprint density at radius 2 is 2.00 bits per heavy atom. The van der Waals surface area contributed by atoms with Crippen molar-refractivity contribution in [2.75, 3.05) is 6.54 Å². The molecule has 0 radical (unpaired) electrons. The van der Waals surface area contributed by atoms with Crippen LogP contribution < -0.4 is 5.32 Å². The second kappa shape index (κ2) is 5.00. The van der Waals surface area contributed by atoms with Gasteiger partial charge in [-0.15, -0.1) is 0 Å². The molecular weight excluding hydrogens is 126 g/mol. The normalized spacial score (nSPS) is 17.7. The van der Waals surface area contributed by atoms with Gasteiger partial charge in [0, 0.05) is 10.2 Å². The molecule has 2 heteroatoms. The fourth-order valence-corrected chi connectivity index (χ4v) is 1.76. The van der Waals surface area contributed by atoms with E-state index in [9.17, 15) is 0 Å². The fourth-order valence-electron chi connectivity index (χ4n) is 0.877. The zero-order valence-electron chi connectivity index (χ0n) is 7.07. The third kappa shape index (κ3) is 3.70. The molecule has 2 unspecified atom stereocenters. The van der Waals surface area contributed by atoms with E-state index in [4.69, 9.17) is 0 Å². The zero-order valence-corrected chi connectivity index (χ0v) is 9.07. The van der Waals surface area contributed by atoms with Crippen molar-refractivity contribution in [2.45, 2.75) is 32.9 Å². The highest BCUT2D eigenvalue weighted by molar-refractivity contribution is 6.11. The van der Waals surface area contributed by atoms with Crippen LogP contribution in [-0.2, 0) is 0 Å². The lowest BCUT2D eigenvalue weighted by Crippen LogP contribution is -2.34. The lowest BCUT2D eigenvalue weighted by atomic mass is 10.1. The van der Waals surface area contributed by atoms with Crippen LogP contribution in [0.5, 0.6) is 0 Å². The quantitative estimate of drug-likeness (QED) is 0.562. The Morgan fingerprint density at radius 3 is 2.33 bits per heavy atom. The van der Waals surface area contributed by atoms with Gasteiger partial charge in [-0.1, -0.05) is 27.2 Å². The summed E-state index contributed by atoms with van der Waals surface area (Å²) in [5.74, 6) is 0.872. The maximum atomic E-state index is 3.46. The van der Waals surface area contributed by atoms with Gasteiger partial charge in [-0.3, -0.25) is 0 Å². The highest BCUT2D eigenvalue weighted by Crippen LogP contribution is 2.03. The Balaban J connectivity index is 3.32. The topological polar surface area (TPSA) is 12.0 Å². The Hall–Kier alpha value is 0.177. The number of rotatable bonds is 4. The molecule has 0 aromatic carbocycles. The minimum atomic E-state index is 0.819. The molecule has 0 spiro atoms. The van der Waals surface area contributed by atoms with Gasteiger partial charge in [-0.25, -0.2) is 0 Å². The van der Waals surface area contributed by atoms with Crippen LogP contribution in [0.3, 0.4) is 0 Å². The first-order valence-electron chi connectivity index (χ1n) is 3.95. The van der Waals surface area contributed by atoms with E-state index in [1.165, 1.54) is 16.7 Å². The summed E-state index contributed by atoms with van der Waals surface area (Å²) in [7, 11) is 1.28. The van der Waals surface area contributed by atoms with Gasteiger partial charge < -0.3 is 5.32 Å². The van der Waals surface area contributed by atoms with Gasteiger partial charge in [-0.2, -0.15) is 0 Å². The first kappa shape index (κ1) is 9.18. The van der Waals surface area contributed by atoms with Crippen molar-refractivity contribution in [1.82, 2.24) is 5.32 Å². The largest absolute Gasteiger partial charge is 0.318 e. The van der Waals surface area contributed by atoms with Crippen molar-refractivity contribution in [3.63, 3.8) is 0 Å². The Bertz CT molecular complexity index is 65.9. The van der Waals surface area contributed by atoms with Crippen LogP contribution in [0.15, 0.2) is 0 Å². The summed E-state index contributed by atoms with van der Waals surface area (Å²) in [6.45, 7) is 7.87. The maximum absolute atomic E-state index is 3.46. The number of hydrogen-bond acceptors (Lipinski definition) is 1. The molecule has 0 aromatic rings. The molecule has 0 aromatic heterocycles. The van der Waals surface area contributed by atoms with Crippen molar-refractivity contribution >= 4 is 10.2 Å². The third-order valence-corrected chi connectivity index (χ3v) is 3.57. The highest BCUT2D eigenvalue weighted by atomic mass is 28.1. The molecule has 0 saturated heterocycles. The summed E-state index contributed by atoms with van der Waals surface area (Å²) in [4.78, 5) is 0. The first-order valence-corrected chi connectivity index (χ1v) is 5.11. The molecule has 1 N–H and O–H groups in total. The van der Waals surface area contributed by atoms with Crippen molar-refractivity contribution in [3.05, 3.63) is 0 Å². The lowest BCUT2D eigenvalue weighted by Gasteiger charge is -2.18. The van der Waals surface area contributed by atoms with Gasteiger partial charge in [0.25, 0.3) is 0 Å². The summed E-state index contributed by atoms with van der Waals surface area (Å²) in [5.41, 5.74) is 0.819. The molecule has 9 heavy (non-hydrogen) atoms. The lowest BCUT2D eigenvalue weighted by molar-refractivity contribution is 0.467. The smallest absolute Gasteiger partial charge is 0.0244 e. The summed E-state index contributed by atoms with van der Waals surface area (Å²) in [5, 5.41) is 3.46. The molecule has 0 rings (SSSR count). The number of hydrogen-bond donors (Lipinski definition) is 1. The summed E-state index contributed by atoms with van der Waals surface area (Å²) >= 11 is 0. The molecule has 0 fully saturated rings. The van der Waals surface area contributed by atoms with Crippen LogP contribution in [0.4, 0.5) is 0 Å². The summed E-state index contributed by atoms with van der Waals surface area (Å²) in [6, 6.07) is 0. The van der Waals surface area contributed by atoms with Gasteiger partial charge in [-0.05, 0) is 18.1 Å². The van der Waals surface area contributed by atoms with Gasteiger partial charge in [0.05, 0.1) is 0 Å².